The lowest BCUT2D eigenvalue weighted by molar-refractivity contribution is 0.0985. The number of nitrogens with zero attached hydrogens (tertiary/aromatic N) is 1. The zero-order valence-electron chi connectivity index (χ0n) is 19.1. The lowest BCUT2D eigenvalue weighted by Gasteiger charge is -2.03. The second-order valence-electron chi connectivity index (χ2n) is 8.49. The monoisotopic (exact) mass is 456 g/mol. The Labute approximate surface area is 204 Å². The van der Waals surface area contributed by atoms with Gasteiger partial charge in [-0.25, -0.2) is 0 Å². The van der Waals surface area contributed by atoms with Crippen molar-refractivity contribution in [3.8, 4) is 22.5 Å². The van der Waals surface area contributed by atoms with Crippen molar-refractivity contribution in [1.82, 2.24) is 10.2 Å². The molecule has 4 nitrogen and oxygen atoms in total. The summed E-state index contributed by atoms with van der Waals surface area (Å²) >= 11 is 0. The fraction of sp³-hybridized carbons (Fsp3) is 0.0645. The van der Waals surface area contributed by atoms with Crippen LogP contribution in [0.25, 0.3) is 22.5 Å². The molecule has 4 heteroatoms. The van der Waals surface area contributed by atoms with Crippen LogP contribution in [-0.2, 0) is 12.8 Å². The third-order valence-corrected chi connectivity index (χ3v) is 6.01. The number of Topliss-reactive ketones (excluding diaryl/α,β-unsaturated/α-hetero) is 2. The molecule has 1 aromatic heterocycles. The number of carbonyl (C=O) groups excluding carboxylic acids is 2. The van der Waals surface area contributed by atoms with E-state index in [0.29, 0.717) is 12.8 Å². The van der Waals surface area contributed by atoms with Crippen LogP contribution in [-0.4, -0.2) is 21.8 Å². The molecule has 1 N–H and O–H groups in total. The SMILES string of the molecule is O=C(Cc1ccc(-c2cc(-c3ccc(CC(=O)c4ccccc4)cc3)[nH]n2)cc1)c1ccccc1. The van der Waals surface area contributed by atoms with Crippen LogP contribution in [0.3, 0.4) is 0 Å². The number of carbonyl (C=O) groups is 2. The van der Waals surface area contributed by atoms with E-state index < -0.39 is 0 Å². The lowest BCUT2D eigenvalue weighted by atomic mass is 10.0. The van der Waals surface area contributed by atoms with E-state index in [1.165, 1.54) is 0 Å². The normalized spacial score (nSPS) is 10.7. The minimum Gasteiger partial charge on any atom is -0.294 e. The Morgan fingerprint density at radius 3 is 1.51 bits per heavy atom. The number of benzene rings is 4. The minimum atomic E-state index is 0.106. The maximum Gasteiger partial charge on any atom is 0.167 e. The van der Waals surface area contributed by atoms with E-state index in [4.69, 9.17) is 0 Å². The van der Waals surface area contributed by atoms with Gasteiger partial charge in [0.2, 0.25) is 0 Å². The quantitative estimate of drug-likeness (QED) is 0.268. The van der Waals surface area contributed by atoms with Crippen molar-refractivity contribution in [1.29, 1.82) is 0 Å². The van der Waals surface area contributed by atoms with Crippen LogP contribution in [0, 0.1) is 0 Å². The molecule has 0 unspecified atom stereocenters. The van der Waals surface area contributed by atoms with Crippen molar-refractivity contribution in [2.24, 2.45) is 0 Å². The number of aromatic nitrogens is 2. The molecule has 0 saturated heterocycles. The number of hydrogen-bond acceptors (Lipinski definition) is 3. The maximum absolute atomic E-state index is 12.4. The smallest absolute Gasteiger partial charge is 0.167 e. The number of H-pyrrole nitrogens is 1. The van der Waals surface area contributed by atoms with Gasteiger partial charge in [0, 0.05) is 29.5 Å². The largest absolute Gasteiger partial charge is 0.294 e. The molecule has 0 aliphatic heterocycles. The zero-order valence-corrected chi connectivity index (χ0v) is 19.1. The summed E-state index contributed by atoms with van der Waals surface area (Å²) in [6.07, 6.45) is 0.743. The van der Waals surface area contributed by atoms with Crippen LogP contribution in [0.1, 0.15) is 31.8 Å². The molecule has 4 aromatic carbocycles. The van der Waals surface area contributed by atoms with Crippen LogP contribution in [0.2, 0.25) is 0 Å². The Kier molecular flexibility index (Phi) is 6.44. The molecule has 0 fully saturated rings. The summed E-state index contributed by atoms with van der Waals surface area (Å²) < 4.78 is 0. The zero-order chi connectivity index (χ0) is 24.0. The second-order valence-corrected chi connectivity index (χ2v) is 8.49. The Balaban J connectivity index is 1.24. The van der Waals surface area contributed by atoms with Crippen LogP contribution >= 0.6 is 0 Å². The van der Waals surface area contributed by atoms with Gasteiger partial charge in [-0.2, -0.15) is 5.10 Å². The predicted octanol–water partition coefficient (Wildman–Crippen LogP) is 6.59. The summed E-state index contributed by atoms with van der Waals surface area (Å²) in [6, 6.07) is 36.6. The Morgan fingerprint density at radius 1 is 0.571 bits per heavy atom. The molecule has 35 heavy (non-hydrogen) atoms. The number of hydrogen-bond donors (Lipinski definition) is 1. The van der Waals surface area contributed by atoms with Gasteiger partial charge in [-0.1, -0.05) is 109 Å². The molecule has 5 aromatic rings. The Hall–Kier alpha value is -4.57. The van der Waals surface area contributed by atoms with E-state index in [1.54, 1.807) is 0 Å². The van der Waals surface area contributed by atoms with Gasteiger partial charge >= 0.3 is 0 Å². The van der Waals surface area contributed by atoms with Gasteiger partial charge in [-0.3, -0.25) is 14.7 Å². The Morgan fingerprint density at radius 2 is 1.03 bits per heavy atom. The standard InChI is InChI=1S/C31H24N2O2/c34-30(26-7-3-1-4-8-26)19-22-11-15-24(16-12-22)28-21-29(33-32-28)25-17-13-23(14-18-25)20-31(35)27-9-5-2-6-10-27/h1-18,21H,19-20H2,(H,32,33). The predicted molar refractivity (Wildman–Crippen MR) is 138 cm³/mol. The van der Waals surface area contributed by atoms with Crippen LogP contribution < -0.4 is 0 Å². The van der Waals surface area contributed by atoms with E-state index in [1.807, 2.05) is 115 Å². The van der Waals surface area contributed by atoms with Gasteiger partial charge in [0.1, 0.15) is 0 Å². The van der Waals surface area contributed by atoms with Crippen molar-refractivity contribution in [2.45, 2.75) is 12.8 Å². The van der Waals surface area contributed by atoms with Gasteiger partial charge in [0.15, 0.2) is 11.6 Å². The highest BCUT2D eigenvalue weighted by Gasteiger charge is 2.10. The Bertz CT molecular complexity index is 1320. The van der Waals surface area contributed by atoms with Gasteiger partial charge in [0.05, 0.1) is 11.4 Å². The molecule has 0 bridgehead atoms. The molecule has 0 aliphatic carbocycles. The molecular formula is C31H24N2O2. The molecule has 0 radical (unpaired) electrons. The number of nitrogens with one attached hydrogen (secondary N) is 1. The van der Waals surface area contributed by atoms with Crippen LogP contribution in [0.15, 0.2) is 115 Å². The second kappa shape index (κ2) is 10.1. The van der Waals surface area contributed by atoms with Crippen molar-refractivity contribution in [3.05, 3.63) is 138 Å². The van der Waals surface area contributed by atoms with Crippen molar-refractivity contribution in [2.75, 3.05) is 0 Å². The summed E-state index contributed by atoms with van der Waals surface area (Å²) in [4.78, 5) is 24.9. The highest BCUT2D eigenvalue weighted by Crippen LogP contribution is 2.25. The molecule has 1 heterocycles. The first kappa shape index (κ1) is 22.2. The molecule has 0 atom stereocenters. The molecule has 0 saturated carbocycles. The average molecular weight is 457 g/mol. The molecule has 170 valence electrons. The summed E-state index contributed by atoms with van der Waals surface area (Å²) in [7, 11) is 0. The molecular weight excluding hydrogens is 432 g/mol. The number of ketones is 2. The van der Waals surface area contributed by atoms with E-state index in [9.17, 15) is 9.59 Å². The fourth-order valence-electron chi connectivity index (χ4n) is 4.04. The van der Waals surface area contributed by atoms with E-state index in [0.717, 1.165) is 44.8 Å². The van der Waals surface area contributed by atoms with Gasteiger partial charge < -0.3 is 0 Å². The fourth-order valence-corrected chi connectivity index (χ4v) is 4.04. The molecule has 0 amide bonds. The van der Waals surface area contributed by atoms with Crippen LogP contribution in [0.5, 0.6) is 0 Å². The first-order valence-electron chi connectivity index (χ1n) is 11.6. The topological polar surface area (TPSA) is 62.8 Å². The highest BCUT2D eigenvalue weighted by molar-refractivity contribution is 5.98. The highest BCUT2D eigenvalue weighted by atomic mass is 16.1. The van der Waals surface area contributed by atoms with Gasteiger partial charge in [-0.05, 0) is 22.8 Å². The summed E-state index contributed by atoms with van der Waals surface area (Å²) in [5.41, 5.74) is 7.13. The minimum absolute atomic E-state index is 0.106. The average Bonchev–Trinajstić information content (AvgIpc) is 3.41. The van der Waals surface area contributed by atoms with E-state index in [-0.39, 0.29) is 11.6 Å². The van der Waals surface area contributed by atoms with Crippen molar-refractivity contribution >= 4 is 11.6 Å². The van der Waals surface area contributed by atoms with Gasteiger partial charge in [0.25, 0.3) is 0 Å². The number of rotatable bonds is 8. The summed E-state index contributed by atoms with van der Waals surface area (Å²) in [5, 5.41) is 7.57. The van der Waals surface area contributed by atoms with Crippen molar-refractivity contribution < 1.29 is 9.59 Å². The summed E-state index contributed by atoms with van der Waals surface area (Å²) in [5.74, 6) is 0.213. The molecule has 5 rings (SSSR count). The third-order valence-electron chi connectivity index (χ3n) is 6.01. The van der Waals surface area contributed by atoms with E-state index in [2.05, 4.69) is 10.2 Å². The summed E-state index contributed by atoms with van der Waals surface area (Å²) in [6.45, 7) is 0. The van der Waals surface area contributed by atoms with Crippen molar-refractivity contribution in [3.63, 3.8) is 0 Å². The lowest BCUT2D eigenvalue weighted by Crippen LogP contribution is -2.02. The van der Waals surface area contributed by atoms with Crippen LogP contribution in [0.4, 0.5) is 0 Å². The first-order valence-corrected chi connectivity index (χ1v) is 11.6. The third kappa shape index (κ3) is 5.33. The first-order chi connectivity index (χ1) is 17.2. The maximum atomic E-state index is 12.4. The number of aromatic amines is 1. The van der Waals surface area contributed by atoms with Gasteiger partial charge in [-0.15, -0.1) is 0 Å². The van der Waals surface area contributed by atoms with E-state index >= 15 is 0 Å². The molecule has 0 spiro atoms. The molecule has 0 aliphatic rings.